The molecule has 2 aromatic rings. The van der Waals surface area contributed by atoms with E-state index < -0.39 is 11.7 Å². The fourth-order valence-corrected chi connectivity index (χ4v) is 2.98. The summed E-state index contributed by atoms with van der Waals surface area (Å²) in [4.78, 5) is 4.13. The Morgan fingerprint density at radius 1 is 1.30 bits per heavy atom. The van der Waals surface area contributed by atoms with Crippen molar-refractivity contribution in [1.82, 2.24) is 4.98 Å². The number of hydrogen-bond acceptors (Lipinski definition) is 4. The zero-order valence-corrected chi connectivity index (χ0v) is 11.6. The molecular weight excluding hydrogens is 254 g/mol. The van der Waals surface area contributed by atoms with Gasteiger partial charge in [0.2, 0.25) is 0 Å². The smallest absolute Gasteiger partial charge is 0.109 e. The molecule has 1 aromatic carbocycles. The highest BCUT2D eigenvalue weighted by molar-refractivity contribution is 5.85. The molecule has 1 aliphatic rings. The molecule has 0 bridgehead atoms. The van der Waals surface area contributed by atoms with Gasteiger partial charge in [0.15, 0.2) is 0 Å². The number of aromatic nitrogens is 1. The average Bonchev–Trinajstić information content (AvgIpc) is 2.54. The molecule has 20 heavy (non-hydrogen) atoms. The lowest BCUT2D eigenvalue weighted by Gasteiger charge is -2.40. The Kier molecular flexibility index (Phi) is 3.70. The predicted octanol–water partition coefficient (Wildman–Crippen LogP) is 2.46. The monoisotopic (exact) mass is 273 g/mol. The minimum atomic E-state index is -0.664. The highest BCUT2D eigenvalue weighted by Crippen LogP contribution is 2.39. The van der Waals surface area contributed by atoms with Gasteiger partial charge in [0.05, 0.1) is 0 Å². The molecule has 106 valence electrons. The first-order chi connectivity index (χ1) is 9.77. The summed E-state index contributed by atoms with van der Waals surface area (Å²) in [6.45, 7) is 1.24. The lowest BCUT2D eigenvalue weighted by molar-refractivity contribution is -0.154. The van der Waals surface area contributed by atoms with Crippen molar-refractivity contribution >= 4 is 10.8 Å². The Labute approximate surface area is 118 Å². The van der Waals surface area contributed by atoms with Gasteiger partial charge < -0.3 is 14.6 Å². The van der Waals surface area contributed by atoms with Gasteiger partial charge >= 0.3 is 0 Å². The minimum absolute atomic E-state index is 0.560. The topological polar surface area (TPSA) is 51.6 Å². The van der Waals surface area contributed by atoms with Gasteiger partial charge in [-0.1, -0.05) is 18.2 Å². The van der Waals surface area contributed by atoms with Crippen molar-refractivity contribution < 1.29 is 14.6 Å². The maximum atomic E-state index is 10.9. The van der Waals surface area contributed by atoms with Crippen LogP contribution in [-0.4, -0.2) is 36.0 Å². The third-order valence-electron chi connectivity index (χ3n) is 4.25. The van der Waals surface area contributed by atoms with Gasteiger partial charge in [-0.05, 0) is 17.0 Å². The molecule has 1 atom stereocenters. The van der Waals surface area contributed by atoms with Crippen molar-refractivity contribution in [1.29, 1.82) is 0 Å². The van der Waals surface area contributed by atoms with E-state index in [-0.39, 0.29) is 0 Å². The van der Waals surface area contributed by atoms with Gasteiger partial charge in [0.1, 0.15) is 11.7 Å². The van der Waals surface area contributed by atoms with E-state index in [0.29, 0.717) is 26.1 Å². The summed E-state index contributed by atoms with van der Waals surface area (Å²) < 4.78 is 11.1. The molecule has 0 amide bonds. The second kappa shape index (κ2) is 5.48. The van der Waals surface area contributed by atoms with Crippen LogP contribution in [0.25, 0.3) is 10.8 Å². The zero-order chi connectivity index (χ0) is 14.0. The first-order valence-corrected chi connectivity index (χ1v) is 6.90. The molecule has 1 unspecified atom stereocenters. The van der Waals surface area contributed by atoms with Crippen molar-refractivity contribution in [2.45, 2.75) is 24.5 Å². The Morgan fingerprint density at radius 2 is 2.10 bits per heavy atom. The highest BCUT2D eigenvalue weighted by Gasteiger charge is 2.41. The van der Waals surface area contributed by atoms with Gasteiger partial charge in [-0.25, -0.2) is 0 Å². The van der Waals surface area contributed by atoms with Gasteiger partial charge in [-0.2, -0.15) is 0 Å². The number of benzene rings is 1. The first-order valence-electron chi connectivity index (χ1n) is 6.90. The lowest BCUT2D eigenvalue weighted by Crippen LogP contribution is -2.43. The van der Waals surface area contributed by atoms with E-state index in [9.17, 15) is 5.11 Å². The molecule has 1 aromatic heterocycles. The molecule has 1 aliphatic heterocycles. The number of aliphatic hydroxyl groups is 1. The largest absolute Gasteiger partial charge is 0.385 e. The average molecular weight is 273 g/mol. The lowest BCUT2D eigenvalue weighted by atomic mass is 9.83. The Bertz CT molecular complexity index is 588. The van der Waals surface area contributed by atoms with Crippen LogP contribution >= 0.6 is 0 Å². The van der Waals surface area contributed by atoms with Crippen molar-refractivity contribution in [2.75, 3.05) is 20.3 Å². The first kappa shape index (κ1) is 13.5. The molecule has 1 N–H and O–H groups in total. The van der Waals surface area contributed by atoms with Crippen molar-refractivity contribution in [2.24, 2.45) is 0 Å². The van der Waals surface area contributed by atoms with Crippen LogP contribution in [0.5, 0.6) is 0 Å². The van der Waals surface area contributed by atoms with Crippen LogP contribution in [0.2, 0.25) is 0 Å². The third-order valence-corrected chi connectivity index (χ3v) is 4.25. The summed E-state index contributed by atoms with van der Waals surface area (Å²) in [5, 5.41) is 12.9. The molecule has 0 radical (unpaired) electrons. The van der Waals surface area contributed by atoms with Gasteiger partial charge in [-0.3, -0.25) is 4.98 Å². The van der Waals surface area contributed by atoms with Crippen LogP contribution in [0.4, 0.5) is 0 Å². The third kappa shape index (κ3) is 2.20. The SMILES string of the molecule is COC1(C(O)c2cccc3cnccc23)CCOCC1. The molecule has 1 saturated heterocycles. The van der Waals surface area contributed by atoms with E-state index >= 15 is 0 Å². The summed E-state index contributed by atoms with van der Waals surface area (Å²) in [5.41, 5.74) is 0.337. The van der Waals surface area contributed by atoms with Crippen molar-refractivity contribution in [3.8, 4) is 0 Å². The summed E-state index contributed by atoms with van der Waals surface area (Å²) in [6, 6.07) is 7.85. The van der Waals surface area contributed by atoms with E-state index in [2.05, 4.69) is 4.98 Å². The summed E-state index contributed by atoms with van der Waals surface area (Å²) in [7, 11) is 1.67. The number of rotatable bonds is 3. The summed E-state index contributed by atoms with van der Waals surface area (Å²) in [6.07, 6.45) is 4.30. The fraction of sp³-hybridized carbons (Fsp3) is 0.438. The zero-order valence-electron chi connectivity index (χ0n) is 11.6. The Hall–Kier alpha value is -1.49. The van der Waals surface area contributed by atoms with E-state index in [1.807, 2.05) is 30.5 Å². The normalized spacial score (nSPS) is 19.9. The van der Waals surface area contributed by atoms with Crippen molar-refractivity contribution in [3.63, 3.8) is 0 Å². The number of methoxy groups -OCH3 is 1. The Balaban J connectivity index is 2.05. The van der Waals surface area contributed by atoms with Crippen LogP contribution in [0.15, 0.2) is 36.7 Å². The second-order valence-corrected chi connectivity index (χ2v) is 5.23. The standard InChI is InChI=1S/C16H19NO3/c1-19-16(6-9-20-10-7-16)15(18)14-4-2-3-12-11-17-8-5-13(12)14/h2-5,8,11,15,18H,6-7,9-10H2,1H3. The summed E-state index contributed by atoms with van der Waals surface area (Å²) >= 11 is 0. The second-order valence-electron chi connectivity index (χ2n) is 5.23. The molecule has 0 saturated carbocycles. The minimum Gasteiger partial charge on any atom is -0.385 e. The number of nitrogens with zero attached hydrogens (tertiary/aromatic N) is 1. The molecule has 0 aliphatic carbocycles. The molecule has 4 heteroatoms. The highest BCUT2D eigenvalue weighted by atomic mass is 16.5. The molecule has 0 spiro atoms. The number of pyridine rings is 1. The van der Waals surface area contributed by atoms with Crippen LogP contribution < -0.4 is 0 Å². The number of ether oxygens (including phenoxy) is 2. The number of hydrogen-bond donors (Lipinski definition) is 1. The molecule has 4 nitrogen and oxygen atoms in total. The van der Waals surface area contributed by atoms with Crippen LogP contribution in [0, 0.1) is 0 Å². The van der Waals surface area contributed by atoms with Gasteiger partial charge in [0.25, 0.3) is 0 Å². The molecule has 3 rings (SSSR count). The predicted molar refractivity (Wildman–Crippen MR) is 76.5 cm³/mol. The van der Waals surface area contributed by atoms with Crippen LogP contribution in [-0.2, 0) is 9.47 Å². The van der Waals surface area contributed by atoms with E-state index in [1.54, 1.807) is 13.3 Å². The van der Waals surface area contributed by atoms with E-state index in [1.165, 1.54) is 0 Å². The Morgan fingerprint density at radius 3 is 2.85 bits per heavy atom. The van der Waals surface area contributed by atoms with E-state index in [0.717, 1.165) is 16.3 Å². The number of aliphatic hydroxyl groups excluding tert-OH is 1. The maximum Gasteiger partial charge on any atom is 0.109 e. The van der Waals surface area contributed by atoms with Crippen LogP contribution in [0.1, 0.15) is 24.5 Å². The van der Waals surface area contributed by atoms with Gasteiger partial charge in [0, 0.05) is 50.9 Å². The van der Waals surface area contributed by atoms with Crippen molar-refractivity contribution in [3.05, 3.63) is 42.2 Å². The molecule has 1 fully saturated rings. The van der Waals surface area contributed by atoms with Crippen LogP contribution in [0.3, 0.4) is 0 Å². The van der Waals surface area contributed by atoms with Gasteiger partial charge in [-0.15, -0.1) is 0 Å². The molecular formula is C16H19NO3. The van der Waals surface area contributed by atoms with E-state index in [4.69, 9.17) is 9.47 Å². The summed E-state index contributed by atoms with van der Waals surface area (Å²) in [5.74, 6) is 0. The molecule has 2 heterocycles. The maximum absolute atomic E-state index is 10.9. The quantitative estimate of drug-likeness (QED) is 0.933. The number of fused-ring (bicyclic) bond motifs is 1. The fourth-order valence-electron chi connectivity index (χ4n) is 2.98.